The number of fused-ring (bicyclic) bond motifs is 4. The summed E-state index contributed by atoms with van der Waals surface area (Å²) in [4.78, 5) is 24.4. The number of rotatable bonds is 0. The molecule has 0 bridgehead atoms. The molecule has 0 aliphatic carbocycles. The third-order valence-corrected chi connectivity index (χ3v) is 6.72. The van der Waals surface area contributed by atoms with Crippen LogP contribution in [0.2, 0.25) is 0 Å². The van der Waals surface area contributed by atoms with Crippen LogP contribution in [0.3, 0.4) is 0 Å². The number of thioether (sulfide) groups is 2. The van der Waals surface area contributed by atoms with Crippen LogP contribution in [0.1, 0.15) is 25.8 Å². The molecule has 0 saturated carbocycles. The van der Waals surface area contributed by atoms with E-state index in [0.717, 1.165) is 28.5 Å². The molecule has 5 nitrogen and oxygen atoms in total. The molecule has 2 aromatic carbocycles. The first-order valence-electron chi connectivity index (χ1n) is 8.02. The number of nitrogens with zero attached hydrogens (tertiary/aromatic N) is 2. The second kappa shape index (κ2) is 6.07. The van der Waals surface area contributed by atoms with Gasteiger partial charge in [0.1, 0.15) is 4.87 Å². The Bertz CT molecular complexity index is 928. The Morgan fingerprint density at radius 1 is 1.20 bits per heavy atom. The number of carbonyl (C=O) groups is 2. The van der Waals surface area contributed by atoms with Crippen molar-refractivity contribution >= 4 is 51.3 Å². The van der Waals surface area contributed by atoms with Crippen molar-refractivity contribution in [1.82, 2.24) is 10.3 Å². The third kappa shape index (κ3) is 2.62. The van der Waals surface area contributed by atoms with E-state index in [0.29, 0.717) is 5.17 Å². The van der Waals surface area contributed by atoms with Crippen LogP contribution in [0.4, 0.5) is 0 Å². The summed E-state index contributed by atoms with van der Waals surface area (Å²) < 4.78 is 0. The Hall–Kier alpha value is -1.99. The molecule has 2 heterocycles. The number of amidine groups is 1. The number of nitrogens with one attached hydrogen (secondary N) is 1. The maximum Gasteiger partial charge on any atom is 0.241 e. The SMILES string of the molecule is CC(=O)NC1=NN(C(C)=O)[C@]2(CCSc3ccc4ccccc4c32)S1. The lowest BCUT2D eigenvalue weighted by molar-refractivity contribution is -0.132. The highest BCUT2D eigenvalue weighted by atomic mass is 32.2. The van der Waals surface area contributed by atoms with Crippen LogP contribution in [-0.4, -0.2) is 27.7 Å². The van der Waals surface area contributed by atoms with Gasteiger partial charge in [-0.25, -0.2) is 5.01 Å². The van der Waals surface area contributed by atoms with Crippen molar-refractivity contribution in [2.75, 3.05) is 5.75 Å². The zero-order chi connectivity index (χ0) is 17.6. The van der Waals surface area contributed by atoms with Gasteiger partial charge in [0.2, 0.25) is 11.8 Å². The lowest BCUT2D eigenvalue weighted by atomic mass is 9.95. The highest BCUT2D eigenvalue weighted by Crippen LogP contribution is 2.56. The Kier molecular flexibility index (Phi) is 4.00. The van der Waals surface area contributed by atoms with Crippen molar-refractivity contribution < 1.29 is 9.59 Å². The molecule has 2 aliphatic rings. The molecule has 0 fully saturated rings. The van der Waals surface area contributed by atoms with Crippen LogP contribution in [0.15, 0.2) is 46.4 Å². The Morgan fingerprint density at radius 2 is 2.00 bits per heavy atom. The molecule has 7 heteroatoms. The second-order valence-electron chi connectivity index (χ2n) is 6.06. The smallest absolute Gasteiger partial charge is 0.241 e. The number of hydrogen-bond donors (Lipinski definition) is 1. The van der Waals surface area contributed by atoms with Gasteiger partial charge in [0.15, 0.2) is 5.17 Å². The van der Waals surface area contributed by atoms with Crippen molar-refractivity contribution in [3.63, 3.8) is 0 Å². The number of amides is 2. The van der Waals surface area contributed by atoms with E-state index < -0.39 is 4.87 Å². The molecule has 1 spiro atoms. The second-order valence-corrected chi connectivity index (χ2v) is 8.46. The van der Waals surface area contributed by atoms with E-state index in [1.54, 1.807) is 16.8 Å². The van der Waals surface area contributed by atoms with Gasteiger partial charge in [-0.1, -0.05) is 42.1 Å². The minimum absolute atomic E-state index is 0.126. The minimum atomic E-state index is -0.606. The highest BCUT2D eigenvalue weighted by Gasteiger charge is 2.51. The Labute approximate surface area is 154 Å². The van der Waals surface area contributed by atoms with Crippen molar-refractivity contribution in [3.8, 4) is 0 Å². The van der Waals surface area contributed by atoms with Crippen molar-refractivity contribution in [2.24, 2.45) is 5.10 Å². The normalized spacial score (nSPS) is 22.0. The summed E-state index contributed by atoms with van der Waals surface area (Å²) in [5, 5.41) is 11.5. The summed E-state index contributed by atoms with van der Waals surface area (Å²) in [5.74, 6) is 0.583. The van der Waals surface area contributed by atoms with Gasteiger partial charge >= 0.3 is 0 Å². The molecule has 0 unspecified atom stereocenters. The lowest BCUT2D eigenvalue weighted by Gasteiger charge is -2.39. The molecule has 128 valence electrons. The van der Waals surface area contributed by atoms with Gasteiger partial charge in [0, 0.05) is 30.1 Å². The molecule has 0 saturated heterocycles. The van der Waals surface area contributed by atoms with Crippen molar-refractivity contribution in [2.45, 2.75) is 30.0 Å². The zero-order valence-corrected chi connectivity index (χ0v) is 15.5. The predicted molar refractivity (Wildman–Crippen MR) is 102 cm³/mol. The quantitative estimate of drug-likeness (QED) is 0.770. The van der Waals surface area contributed by atoms with Crippen LogP contribution < -0.4 is 5.32 Å². The van der Waals surface area contributed by atoms with Gasteiger partial charge in [-0.3, -0.25) is 9.59 Å². The molecule has 2 aromatic rings. The molecular weight excluding hydrogens is 354 g/mol. The fourth-order valence-electron chi connectivity index (χ4n) is 3.43. The van der Waals surface area contributed by atoms with Gasteiger partial charge in [-0.05, 0) is 23.3 Å². The van der Waals surface area contributed by atoms with E-state index in [4.69, 9.17) is 0 Å². The molecule has 1 atom stereocenters. The van der Waals surface area contributed by atoms with E-state index in [9.17, 15) is 9.59 Å². The fraction of sp³-hybridized carbons (Fsp3) is 0.278. The number of benzene rings is 2. The first kappa shape index (κ1) is 16.5. The first-order valence-corrected chi connectivity index (χ1v) is 9.82. The maximum absolute atomic E-state index is 12.4. The lowest BCUT2D eigenvalue weighted by Crippen LogP contribution is -2.42. The van der Waals surface area contributed by atoms with Gasteiger partial charge in [0.05, 0.1) is 0 Å². The molecule has 4 rings (SSSR count). The van der Waals surface area contributed by atoms with Crippen molar-refractivity contribution in [1.29, 1.82) is 0 Å². The maximum atomic E-state index is 12.4. The molecule has 25 heavy (non-hydrogen) atoms. The average Bonchev–Trinajstić information content (AvgIpc) is 2.92. The van der Waals surface area contributed by atoms with Crippen molar-refractivity contribution in [3.05, 3.63) is 42.0 Å². The van der Waals surface area contributed by atoms with Gasteiger partial charge < -0.3 is 5.32 Å². The molecular formula is C18H17N3O2S2. The minimum Gasteiger partial charge on any atom is -0.304 e. The largest absolute Gasteiger partial charge is 0.304 e. The Balaban J connectivity index is 1.93. The monoisotopic (exact) mass is 371 g/mol. The van der Waals surface area contributed by atoms with Crippen LogP contribution in [0.5, 0.6) is 0 Å². The summed E-state index contributed by atoms with van der Waals surface area (Å²) in [6, 6.07) is 12.4. The van der Waals surface area contributed by atoms with E-state index in [1.807, 2.05) is 12.1 Å². The highest BCUT2D eigenvalue weighted by molar-refractivity contribution is 8.15. The summed E-state index contributed by atoms with van der Waals surface area (Å²) in [6.45, 7) is 2.97. The van der Waals surface area contributed by atoms with E-state index in [1.165, 1.54) is 30.5 Å². The molecule has 0 aromatic heterocycles. The third-order valence-electron chi connectivity index (χ3n) is 4.36. The van der Waals surface area contributed by atoms with Crippen LogP contribution in [-0.2, 0) is 14.5 Å². The van der Waals surface area contributed by atoms with Gasteiger partial charge in [0.25, 0.3) is 0 Å². The molecule has 1 N–H and O–H groups in total. The number of hydrazone groups is 1. The van der Waals surface area contributed by atoms with Crippen LogP contribution >= 0.6 is 23.5 Å². The Morgan fingerprint density at radius 3 is 2.76 bits per heavy atom. The average molecular weight is 371 g/mol. The number of carbonyl (C=O) groups excluding carboxylic acids is 2. The van der Waals surface area contributed by atoms with E-state index >= 15 is 0 Å². The standard InChI is InChI=1S/C18H17N3O2S2/c1-11(22)19-17-20-21(12(2)23)18(25-17)9-10-24-15-8-7-13-5-3-4-6-14(13)16(15)18/h3-8H,9-10H2,1-2H3,(H,19,20,22)/t18-/m1/s1. The van der Waals surface area contributed by atoms with Crippen LogP contribution in [0, 0.1) is 0 Å². The number of hydrogen-bond acceptors (Lipinski definition) is 5. The summed E-state index contributed by atoms with van der Waals surface area (Å²) in [7, 11) is 0. The zero-order valence-electron chi connectivity index (χ0n) is 13.9. The van der Waals surface area contributed by atoms with Gasteiger partial charge in [-0.15, -0.1) is 16.9 Å². The van der Waals surface area contributed by atoms with E-state index in [-0.39, 0.29) is 11.8 Å². The van der Waals surface area contributed by atoms with Gasteiger partial charge in [-0.2, -0.15) is 0 Å². The molecule has 2 amide bonds. The topological polar surface area (TPSA) is 61.8 Å². The fourth-order valence-corrected chi connectivity index (χ4v) is 6.25. The molecule has 2 aliphatic heterocycles. The summed E-state index contributed by atoms with van der Waals surface area (Å²) in [6.07, 6.45) is 0.773. The first-order chi connectivity index (χ1) is 12.0. The summed E-state index contributed by atoms with van der Waals surface area (Å²) in [5.41, 5.74) is 1.12. The van der Waals surface area contributed by atoms with Crippen LogP contribution in [0.25, 0.3) is 10.8 Å². The predicted octanol–water partition coefficient (Wildman–Crippen LogP) is 3.49. The van der Waals surface area contributed by atoms with E-state index in [2.05, 4.69) is 34.7 Å². The molecule has 0 radical (unpaired) electrons. The summed E-state index contributed by atoms with van der Waals surface area (Å²) >= 11 is 3.27.